The Bertz CT molecular complexity index is 1330. The summed E-state index contributed by atoms with van der Waals surface area (Å²) in [4.78, 5) is 38.2. The molecule has 0 atom stereocenters. The van der Waals surface area contributed by atoms with Crippen LogP contribution in [0.25, 0.3) is 0 Å². The van der Waals surface area contributed by atoms with Crippen LogP contribution in [0.15, 0.2) is 42.5 Å². The summed E-state index contributed by atoms with van der Waals surface area (Å²) in [6.07, 6.45) is 0.412. The number of fused-ring (bicyclic) bond motifs is 1. The Morgan fingerprint density at radius 3 is 2.47 bits per heavy atom. The van der Waals surface area contributed by atoms with Gasteiger partial charge in [0, 0.05) is 4.88 Å². The Morgan fingerprint density at radius 2 is 1.74 bits per heavy atom. The van der Waals surface area contributed by atoms with Crippen molar-refractivity contribution in [3.05, 3.63) is 64.0 Å². The van der Waals surface area contributed by atoms with E-state index in [9.17, 15) is 14.4 Å². The number of amides is 1. The molecule has 0 unspecified atom stereocenters. The number of aryl methyl sites for hydroxylation is 1. The second kappa shape index (κ2) is 12.3. The summed E-state index contributed by atoms with van der Waals surface area (Å²) >= 11 is 1.24. The van der Waals surface area contributed by atoms with Crippen LogP contribution in [0.4, 0.5) is 5.00 Å². The van der Waals surface area contributed by atoms with Gasteiger partial charge in [0.15, 0.2) is 36.2 Å². The number of nitrogens with one attached hydrogen (secondary N) is 1. The van der Waals surface area contributed by atoms with E-state index in [1.807, 2.05) is 32.0 Å². The molecule has 10 nitrogen and oxygen atoms in total. The van der Waals surface area contributed by atoms with Crippen molar-refractivity contribution in [3.63, 3.8) is 0 Å². The number of ether oxygens (including phenoxy) is 6. The Morgan fingerprint density at radius 1 is 1.00 bits per heavy atom. The van der Waals surface area contributed by atoms with E-state index in [-0.39, 0.29) is 12.4 Å². The molecule has 0 aliphatic carbocycles. The first-order valence-electron chi connectivity index (χ1n) is 11.8. The van der Waals surface area contributed by atoms with Crippen molar-refractivity contribution < 1.29 is 42.8 Å². The maximum Gasteiger partial charge on any atom is 0.344 e. The lowest BCUT2D eigenvalue weighted by Crippen LogP contribution is -2.24. The molecular weight excluding hydrogens is 514 g/mol. The summed E-state index contributed by atoms with van der Waals surface area (Å²) in [6, 6.07) is 12.5. The molecule has 0 saturated carbocycles. The Labute approximate surface area is 223 Å². The number of carbonyl (C=O) groups excluding carboxylic acids is 3. The van der Waals surface area contributed by atoms with Crippen LogP contribution in [0.3, 0.4) is 0 Å². The Hall–Kier alpha value is -4.25. The predicted octanol–water partition coefficient (Wildman–Crippen LogP) is 4.12. The number of benzene rings is 2. The maximum atomic E-state index is 12.7. The number of rotatable bonds is 11. The highest BCUT2D eigenvalue weighted by Gasteiger charge is 2.25. The van der Waals surface area contributed by atoms with Crippen LogP contribution in [0.5, 0.6) is 23.0 Å². The van der Waals surface area contributed by atoms with Gasteiger partial charge >= 0.3 is 11.9 Å². The molecule has 200 valence electrons. The first-order chi connectivity index (χ1) is 18.4. The summed E-state index contributed by atoms with van der Waals surface area (Å²) in [7, 11) is 1.27. The minimum Gasteiger partial charge on any atom is -0.490 e. The maximum absolute atomic E-state index is 12.7. The van der Waals surface area contributed by atoms with Gasteiger partial charge in [-0.3, -0.25) is 4.79 Å². The topological polar surface area (TPSA) is 119 Å². The van der Waals surface area contributed by atoms with Gasteiger partial charge in [-0.2, -0.15) is 0 Å². The molecule has 0 fully saturated rings. The molecular formula is C27H27NO9S. The molecule has 1 N–H and O–H groups in total. The molecule has 1 aliphatic rings. The summed E-state index contributed by atoms with van der Waals surface area (Å²) < 4.78 is 31.7. The SMILES string of the molecule is CCOc1ccccc1OCC(=O)OCC(=O)Nc1sc(C)c(Cc2ccc3c(c2)OCO3)c1C(=O)OC. The third-order valence-corrected chi connectivity index (χ3v) is 6.59. The van der Waals surface area contributed by atoms with E-state index in [1.165, 1.54) is 18.4 Å². The van der Waals surface area contributed by atoms with Crippen LogP contribution in [-0.2, 0) is 25.5 Å². The fraction of sp³-hybridized carbons (Fsp3) is 0.296. The highest BCUT2D eigenvalue weighted by molar-refractivity contribution is 7.16. The molecule has 38 heavy (non-hydrogen) atoms. The molecule has 1 amide bonds. The van der Waals surface area contributed by atoms with Gasteiger partial charge in [-0.1, -0.05) is 18.2 Å². The molecule has 1 aliphatic heterocycles. The summed E-state index contributed by atoms with van der Waals surface area (Å²) in [5, 5.41) is 2.98. The average molecular weight is 542 g/mol. The third kappa shape index (κ3) is 6.35. The van der Waals surface area contributed by atoms with Gasteiger partial charge in [0.1, 0.15) is 5.00 Å². The standard InChI is InChI=1S/C27H27NO9S/c1-4-33-19-7-5-6-8-20(19)34-14-24(30)35-13-23(29)28-26-25(27(31)32-3)18(16(2)38-26)11-17-9-10-21-22(12-17)37-15-36-21/h5-10,12H,4,11,13-15H2,1-3H3,(H,28,29). The van der Waals surface area contributed by atoms with Crippen LogP contribution < -0.4 is 24.3 Å². The van der Waals surface area contributed by atoms with Gasteiger partial charge in [-0.25, -0.2) is 9.59 Å². The van der Waals surface area contributed by atoms with E-state index in [2.05, 4.69) is 5.32 Å². The minimum absolute atomic E-state index is 0.164. The van der Waals surface area contributed by atoms with Gasteiger partial charge in [0.2, 0.25) is 6.79 Å². The van der Waals surface area contributed by atoms with Crippen molar-refractivity contribution in [3.8, 4) is 23.0 Å². The van der Waals surface area contributed by atoms with E-state index in [4.69, 9.17) is 28.4 Å². The molecule has 11 heteroatoms. The van der Waals surface area contributed by atoms with Gasteiger partial charge < -0.3 is 33.7 Å². The van der Waals surface area contributed by atoms with Crippen LogP contribution >= 0.6 is 11.3 Å². The fourth-order valence-electron chi connectivity index (χ4n) is 3.78. The summed E-state index contributed by atoms with van der Waals surface area (Å²) in [6.45, 7) is 3.35. The van der Waals surface area contributed by atoms with Crippen molar-refractivity contribution in [2.75, 3.05) is 39.0 Å². The van der Waals surface area contributed by atoms with Gasteiger partial charge in [-0.05, 0) is 55.7 Å². The molecule has 0 bridgehead atoms. The molecule has 0 saturated heterocycles. The second-order valence-electron chi connectivity index (χ2n) is 8.07. The molecule has 4 rings (SSSR count). The van der Waals surface area contributed by atoms with E-state index < -0.39 is 31.1 Å². The number of para-hydroxylation sites is 2. The minimum atomic E-state index is -0.731. The Kier molecular flexibility index (Phi) is 8.70. The number of hydrogen-bond acceptors (Lipinski definition) is 10. The smallest absolute Gasteiger partial charge is 0.344 e. The van der Waals surface area contributed by atoms with Crippen molar-refractivity contribution in [1.82, 2.24) is 0 Å². The van der Waals surface area contributed by atoms with Gasteiger partial charge in [-0.15, -0.1) is 11.3 Å². The second-order valence-corrected chi connectivity index (χ2v) is 9.30. The molecule has 3 aromatic rings. The summed E-state index contributed by atoms with van der Waals surface area (Å²) in [5.74, 6) is 0.271. The lowest BCUT2D eigenvalue weighted by Gasteiger charge is -2.11. The van der Waals surface area contributed by atoms with Crippen molar-refractivity contribution >= 4 is 34.2 Å². The zero-order valence-corrected chi connectivity index (χ0v) is 22.0. The fourth-order valence-corrected chi connectivity index (χ4v) is 4.86. The van der Waals surface area contributed by atoms with Crippen LogP contribution in [0.1, 0.15) is 33.3 Å². The van der Waals surface area contributed by atoms with E-state index in [1.54, 1.807) is 24.3 Å². The lowest BCUT2D eigenvalue weighted by atomic mass is 10.0. The van der Waals surface area contributed by atoms with Crippen molar-refractivity contribution in [2.24, 2.45) is 0 Å². The first kappa shape index (κ1) is 26.8. The van der Waals surface area contributed by atoms with E-state index in [0.717, 1.165) is 16.0 Å². The highest BCUT2D eigenvalue weighted by Crippen LogP contribution is 2.37. The Balaban J connectivity index is 1.38. The molecule has 2 heterocycles. The van der Waals surface area contributed by atoms with E-state index in [0.29, 0.717) is 41.0 Å². The number of thiophene rings is 1. The van der Waals surface area contributed by atoms with Gasteiger partial charge in [0.25, 0.3) is 5.91 Å². The normalized spacial score (nSPS) is 11.6. The zero-order chi connectivity index (χ0) is 27.1. The number of esters is 2. The van der Waals surface area contributed by atoms with Crippen LogP contribution in [-0.4, -0.2) is 51.6 Å². The van der Waals surface area contributed by atoms with E-state index >= 15 is 0 Å². The first-order valence-corrected chi connectivity index (χ1v) is 12.6. The third-order valence-electron chi connectivity index (χ3n) is 5.53. The number of methoxy groups -OCH3 is 1. The number of hydrogen-bond donors (Lipinski definition) is 1. The monoisotopic (exact) mass is 541 g/mol. The summed E-state index contributed by atoms with van der Waals surface area (Å²) in [5.41, 5.74) is 1.87. The lowest BCUT2D eigenvalue weighted by molar-refractivity contribution is -0.149. The molecule has 0 radical (unpaired) electrons. The predicted molar refractivity (Wildman–Crippen MR) is 138 cm³/mol. The van der Waals surface area contributed by atoms with Gasteiger partial charge in [0.05, 0.1) is 19.3 Å². The highest BCUT2D eigenvalue weighted by atomic mass is 32.1. The zero-order valence-electron chi connectivity index (χ0n) is 21.2. The van der Waals surface area contributed by atoms with Crippen molar-refractivity contribution in [2.45, 2.75) is 20.3 Å². The van der Waals surface area contributed by atoms with Crippen LogP contribution in [0, 0.1) is 6.92 Å². The molecule has 0 spiro atoms. The molecule has 2 aromatic carbocycles. The van der Waals surface area contributed by atoms with Crippen LogP contribution in [0.2, 0.25) is 0 Å². The largest absolute Gasteiger partial charge is 0.490 e. The number of carbonyl (C=O) groups is 3. The van der Waals surface area contributed by atoms with Crippen molar-refractivity contribution in [1.29, 1.82) is 0 Å². The molecule has 1 aromatic heterocycles. The quantitative estimate of drug-likeness (QED) is 0.358. The average Bonchev–Trinajstić information content (AvgIpc) is 3.50. The number of anilines is 1.